The number of ether oxygens (including phenoxy) is 2. The van der Waals surface area contributed by atoms with E-state index in [-0.39, 0.29) is 56.6 Å². The van der Waals surface area contributed by atoms with E-state index in [9.17, 15) is 19.2 Å². The van der Waals surface area contributed by atoms with Crippen molar-refractivity contribution in [3.63, 3.8) is 0 Å². The van der Waals surface area contributed by atoms with Crippen molar-refractivity contribution >= 4 is 46.7 Å². The molecular weight excluding hydrogens is 865 g/mol. The molecular formula is C50H57Cl2N7O6. The first kappa shape index (κ1) is 47.4. The molecule has 4 heterocycles. The minimum absolute atomic E-state index is 0.0170. The maximum atomic E-state index is 15.0. The Hall–Kier alpha value is -5.60. The predicted molar refractivity (Wildman–Crippen MR) is 250 cm³/mol. The van der Waals surface area contributed by atoms with Crippen LogP contribution < -0.4 is 10.1 Å². The number of Topliss-reactive ketones (excluding diaryl/α,β-unsaturated/α-hetero) is 1. The second-order valence-corrected chi connectivity index (χ2v) is 18.5. The van der Waals surface area contributed by atoms with Crippen LogP contribution in [0.4, 0.5) is 0 Å². The van der Waals surface area contributed by atoms with Gasteiger partial charge in [0.15, 0.2) is 5.78 Å². The highest BCUT2D eigenvalue weighted by Crippen LogP contribution is 2.34. The first-order valence-electron chi connectivity index (χ1n) is 22.0. The molecule has 15 heteroatoms. The second kappa shape index (κ2) is 21.1. The fraction of sp³-hybridized carbons (Fsp3) is 0.400. The summed E-state index contributed by atoms with van der Waals surface area (Å²) in [6.07, 6.45) is 6.78. The summed E-state index contributed by atoms with van der Waals surface area (Å²) in [5, 5.41) is 4.34. The van der Waals surface area contributed by atoms with Crippen LogP contribution in [0.1, 0.15) is 55.1 Å². The molecule has 2 bridgehead atoms. The number of benzene rings is 3. The van der Waals surface area contributed by atoms with E-state index >= 15 is 0 Å². The Balaban J connectivity index is 1.21. The predicted octanol–water partition coefficient (Wildman–Crippen LogP) is 7.56. The van der Waals surface area contributed by atoms with Crippen LogP contribution in [-0.2, 0) is 56.9 Å². The van der Waals surface area contributed by atoms with E-state index < -0.39 is 29.3 Å². The van der Waals surface area contributed by atoms with Crippen molar-refractivity contribution in [1.82, 2.24) is 34.6 Å². The Morgan fingerprint density at radius 2 is 1.66 bits per heavy atom. The number of fused-ring (bicyclic) bond motifs is 2. The number of hydrogen-bond donors (Lipinski definition) is 1. The molecule has 1 N–H and O–H groups in total. The van der Waals surface area contributed by atoms with Gasteiger partial charge in [0.05, 0.1) is 55.0 Å². The molecule has 5 aromatic rings. The van der Waals surface area contributed by atoms with Crippen molar-refractivity contribution in [3.8, 4) is 22.8 Å². The normalized spacial score (nSPS) is 21.1. The van der Waals surface area contributed by atoms with Crippen LogP contribution >= 0.6 is 23.2 Å². The molecule has 0 aliphatic carbocycles. The summed E-state index contributed by atoms with van der Waals surface area (Å²) in [5.41, 5.74) is 3.40. The molecule has 0 radical (unpaired) electrons. The van der Waals surface area contributed by atoms with Crippen LogP contribution in [0.2, 0.25) is 10.0 Å². The summed E-state index contributed by atoms with van der Waals surface area (Å²) in [7, 11) is 7.49. The summed E-state index contributed by atoms with van der Waals surface area (Å²) < 4.78 is 14.1. The van der Waals surface area contributed by atoms with E-state index in [1.165, 1.54) is 12.0 Å². The lowest BCUT2D eigenvalue weighted by atomic mass is 9.81. The van der Waals surface area contributed by atoms with Crippen molar-refractivity contribution in [3.05, 3.63) is 130 Å². The summed E-state index contributed by atoms with van der Waals surface area (Å²) in [4.78, 5) is 73.0. The average molecular weight is 923 g/mol. The zero-order valence-electron chi connectivity index (χ0n) is 37.6. The lowest BCUT2D eigenvalue weighted by Crippen LogP contribution is -2.63. The number of hydrogen-bond acceptors (Lipinski definition) is 9. The van der Waals surface area contributed by atoms with Gasteiger partial charge in [0.1, 0.15) is 17.3 Å². The molecule has 0 spiro atoms. The molecule has 2 aliphatic rings. The number of piperidine rings is 1. The monoisotopic (exact) mass is 921 g/mol. The Kier molecular flexibility index (Phi) is 15.4. The number of pyridine rings is 1. The van der Waals surface area contributed by atoms with Gasteiger partial charge >= 0.3 is 0 Å². The van der Waals surface area contributed by atoms with Crippen LogP contribution in [0.15, 0.2) is 97.5 Å². The quantitative estimate of drug-likeness (QED) is 0.127. The Morgan fingerprint density at radius 3 is 2.37 bits per heavy atom. The topological polar surface area (TPSA) is 139 Å². The zero-order valence-corrected chi connectivity index (χ0v) is 39.1. The van der Waals surface area contributed by atoms with Crippen molar-refractivity contribution in [2.24, 2.45) is 18.9 Å². The molecule has 3 amide bonds. The molecule has 2 aliphatic heterocycles. The Labute approximate surface area is 391 Å². The molecule has 2 saturated heterocycles. The van der Waals surface area contributed by atoms with Gasteiger partial charge in [0, 0.05) is 73.7 Å². The first-order chi connectivity index (χ1) is 31.2. The molecule has 0 saturated carbocycles. The molecule has 13 nitrogen and oxygen atoms in total. The van der Waals surface area contributed by atoms with E-state index in [1.807, 2.05) is 69.8 Å². The van der Waals surface area contributed by atoms with Crippen LogP contribution in [0, 0.1) is 11.8 Å². The second-order valence-electron chi connectivity index (χ2n) is 17.7. The number of nitrogens with zero attached hydrogens (tertiary/aromatic N) is 6. The number of rotatable bonds is 13. The molecule has 0 unspecified atom stereocenters. The lowest BCUT2D eigenvalue weighted by molar-refractivity contribution is -0.147. The highest BCUT2D eigenvalue weighted by atomic mass is 35.5. The zero-order chi connectivity index (χ0) is 46.3. The number of halogens is 2. The third kappa shape index (κ3) is 11.8. The fourth-order valence-corrected chi connectivity index (χ4v) is 9.25. The van der Waals surface area contributed by atoms with E-state index in [0.717, 1.165) is 28.2 Å². The van der Waals surface area contributed by atoms with Crippen LogP contribution in [0.5, 0.6) is 11.5 Å². The number of carbonyl (C=O) groups is 4. The van der Waals surface area contributed by atoms with Crippen molar-refractivity contribution in [1.29, 1.82) is 0 Å². The average Bonchev–Trinajstić information content (AvgIpc) is 3.64. The summed E-state index contributed by atoms with van der Waals surface area (Å²) in [6.45, 7) is 3.00. The Morgan fingerprint density at radius 1 is 0.908 bits per heavy atom. The standard InChI is InChI=1S/C50H57Cl2N7O6/c1-33-44(60)23-39(31-64-5)48(62)55-50(26-34-9-14-40(51)15-10-34)19-7-21-58(32-50)49(63)38(22-35-8-6-20-53-27-35)24-47(61)59(33)29-37-11-16-41(52)25-45(37)65-42-17-12-36(13-18-42)43-28-54-46(57(43)4)30-56(2)3/h6,8-18,20,25,27-28,33,38-39H,7,19,21-24,26,29-32H2,1-5H3,(H,55,62)/t33-,38+,39-,50+/m0/s1. The van der Waals surface area contributed by atoms with Gasteiger partial charge in [-0.2, -0.15) is 0 Å². The highest BCUT2D eigenvalue weighted by Gasteiger charge is 2.43. The van der Waals surface area contributed by atoms with Gasteiger partial charge < -0.3 is 34.1 Å². The van der Waals surface area contributed by atoms with Gasteiger partial charge in [0.2, 0.25) is 17.7 Å². The molecule has 3 aromatic carbocycles. The minimum Gasteiger partial charge on any atom is -0.457 e. The van der Waals surface area contributed by atoms with Gasteiger partial charge in [-0.15, -0.1) is 0 Å². The third-order valence-corrected chi connectivity index (χ3v) is 12.9. The Bertz CT molecular complexity index is 2460. The molecule has 4 atom stereocenters. The van der Waals surface area contributed by atoms with Crippen molar-refractivity contribution in [2.45, 2.75) is 70.1 Å². The number of nitrogens with one attached hydrogen (secondary N) is 1. The van der Waals surface area contributed by atoms with Gasteiger partial charge in [-0.25, -0.2) is 4.98 Å². The molecule has 342 valence electrons. The van der Waals surface area contributed by atoms with Crippen molar-refractivity contribution in [2.75, 3.05) is 40.9 Å². The smallest absolute Gasteiger partial charge is 0.226 e. The van der Waals surface area contributed by atoms with Crippen LogP contribution in [0.25, 0.3) is 11.3 Å². The summed E-state index contributed by atoms with van der Waals surface area (Å²) >= 11 is 12.8. The number of ketones is 1. The number of carbonyl (C=O) groups excluding carboxylic acids is 4. The maximum absolute atomic E-state index is 15.0. The van der Waals surface area contributed by atoms with E-state index in [4.69, 9.17) is 32.7 Å². The lowest BCUT2D eigenvalue weighted by Gasteiger charge is -2.45. The fourth-order valence-electron chi connectivity index (χ4n) is 8.96. The van der Waals surface area contributed by atoms with Crippen LogP contribution in [0.3, 0.4) is 0 Å². The van der Waals surface area contributed by atoms with E-state index in [1.54, 1.807) is 60.6 Å². The minimum atomic E-state index is -0.992. The van der Waals surface area contributed by atoms with E-state index in [0.29, 0.717) is 59.5 Å². The van der Waals surface area contributed by atoms with Crippen LogP contribution in [-0.4, -0.2) is 105 Å². The van der Waals surface area contributed by atoms with Gasteiger partial charge in [-0.05, 0) is 112 Å². The number of amides is 3. The largest absolute Gasteiger partial charge is 0.457 e. The number of methoxy groups -OCH3 is 1. The maximum Gasteiger partial charge on any atom is 0.226 e. The molecule has 7 rings (SSSR count). The van der Waals surface area contributed by atoms with E-state index in [2.05, 4.69) is 24.8 Å². The molecule has 65 heavy (non-hydrogen) atoms. The third-order valence-electron chi connectivity index (χ3n) is 12.4. The molecule has 2 aromatic heterocycles. The number of aromatic nitrogens is 3. The summed E-state index contributed by atoms with van der Waals surface area (Å²) in [5.74, 6) is -1.05. The SMILES string of the molecule is COC[C@@H]1CC(=O)[C@H](C)N(Cc2ccc(Cl)cc2Oc2ccc(-c3cnc(CN(C)C)n3C)cc2)C(=O)C[C@@H](Cc2cccnc2)C(=O)N2CCC[C@@](Cc3ccc(Cl)cc3)(C2)NC1=O. The number of imidazole rings is 1. The van der Waals surface area contributed by atoms with Gasteiger partial charge in [0.25, 0.3) is 0 Å². The van der Waals surface area contributed by atoms with Gasteiger partial charge in [-0.3, -0.25) is 24.2 Å². The highest BCUT2D eigenvalue weighted by molar-refractivity contribution is 6.31. The van der Waals surface area contributed by atoms with Crippen molar-refractivity contribution < 1.29 is 28.7 Å². The summed E-state index contributed by atoms with van der Waals surface area (Å²) in [6, 6.07) is 23.0. The molecule has 2 fully saturated rings. The first-order valence-corrected chi connectivity index (χ1v) is 22.7. The van der Waals surface area contributed by atoms with Gasteiger partial charge in [-0.1, -0.05) is 47.5 Å².